The molecular formula is C17H19NO5S. The molecule has 0 aliphatic carbocycles. The van der Waals surface area contributed by atoms with Crippen molar-refractivity contribution in [2.75, 3.05) is 18.9 Å². The lowest BCUT2D eigenvalue weighted by Crippen LogP contribution is -2.14. The van der Waals surface area contributed by atoms with Gasteiger partial charge in [-0.15, -0.1) is 0 Å². The highest BCUT2D eigenvalue weighted by molar-refractivity contribution is 7.92. The normalized spacial score (nSPS) is 11.0. The first-order chi connectivity index (χ1) is 11.3. The number of nitrogens with one attached hydrogen (secondary N) is 1. The Morgan fingerprint density at radius 3 is 2.25 bits per heavy atom. The van der Waals surface area contributed by atoms with Crippen LogP contribution in [0.25, 0.3) is 0 Å². The molecule has 2 aromatic carbocycles. The second-order valence-electron chi connectivity index (χ2n) is 5.21. The largest absolute Gasteiger partial charge is 0.493 e. The number of aryl methyl sites for hydroxylation is 1. The first kappa shape index (κ1) is 17.8. The number of rotatable bonds is 6. The molecule has 0 heterocycles. The number of ketones is 1. The molecule has 0 aromatic heterocycles. The van der Waals surface area contributed by atoms with Gasteiger partial charge in [0.25, 0.3) is 10.0 Å². The van der Waals surface area contributed by atoms with Gasteiger partial charge in [0.05, 0.1) is 24.8 Å². The van der Waals surface area contributed by atoms with Crippen LogP contribution >= 0.6 is 0 Å². The number of hydrogen-bond acceptors (Lipinski definition) is 5. The number of carbonyl (C=O) groups excluding carboxylic acids is 1. The second-order valence-corrected chi connectivity index (χ2v) is 6.89. The van der Waals surface area contributed by atoms with Crippen LogP contribution in [0.1, 0.15) is 22.8 Å². The van der Waals surface area contributed by atoms with Crippen LogP contribution in [0.2, 0.25) is 0 Å². The van der Waals surface area contributed by atoms with Crippen molar-refractivity contribution >= 4 is 21.5 Å². The molecule has 0 saturated heterocycles. The van der Waals surface area contributed by atoms with Gasteiger partial charge >= 0.3 is 0 Å². The zero-order valence-electron chi connectivity index (χ0n) is 13.9. The zero-order chi connectivity index (χ0) is 17.9. The number of benzene rings is 2. The molecule has 0 aliphatic heterocycles. The molecule has 1 N–H and O–H groups in total. The fraction of sp³-hybridized carbons (Fsp3) is 0.235. The molecule has 0 atom stereocenters. The Kier molecular flexibility index (Phi) is 5.14. The van der Waals surface area contributed by atoms with E-state index in [2.05, 4.69) is 4.72 Å². The molecule has 128 valence electrons. The standard InChI is InChI=1S/C17H19NO5S/c1-11-8-16(22-3)17(23-4)10-15(11)18-24(20,21)14-7-5-6-13(9-14)12(2)19/h5-10,18H,1-4H3. The van der Waals surface area contributed by atoms with Crippen LogP contribution in [0.4, 0.5) is 5.69 Å². The molecular weight excluding hydrogens is 330 g/mol. The summed E-state index contributed by atoms with van der Waals surface area (Å²) in [6.45, 7) is 3.14. The van der Waals surface area contributed by atoms with Gasteiger partial charge in [-0.25, -0.2) is 8.42 Å². The Hall–Kier alpha value is -2.54. The van der Waals surface area contributed by atoms with E-state index in [0.717, 1.165) is 0 Å². The van der Waals surface area contributed by atoms with E-state index in [1.165, 1.54) is 39.3 Å². The van der Waals surface area contributed by atoms with Crippen molar-refractivity contribution in [3.05, 3.63) is 47.5 Å². The van der Waals surface area contributed by atoms with Gasteiger partial charge in [-0.2, -0.15) is 0 Å². The predicted octanol–water partition coefficient (Wildman–Crippen LogP) is 3.02. The van der Waals surface area contributed by atoms with Crippen LogP contribution in [-0.4, -0.2) is 28.4 Å². The van der Waals surface area contributed by atoms with Crippen molar-refractivity contribution in [3.8, 4) is 11.5 Å². The van der Waals surface area contributed by atoms with Crippen molar-refractivity contribution in [3.63, 3.8) is 0 Å². The molecule has 24 heavy (non-hydrogen) atoms. The molecule has 2 rings (SSSR count). The van der Waals surface area contributed by atoms with E-state index in [-0.39, 0.29) is 10.7 Å². The summed E-state index contributed by atoms with van der Waals surface area (Å²) in [6, 6.07) is 9.13. The molecule has 7 heteroatoms. The third-order valence-corrected chi connectivity index (χ3v) is 4.89. The number of ether oxygens (including phenoxy) is 2. The van der Waals surface area contributed by atoms with E-state index in [9.17, 15) is 13.2 Å². The van der Waals surface area contributed by atoms with Crippen LogP contribution in [0.15, 0.2) is 41.3 Å². The zero-order valence-corrected chi connectivity index (χ0v) is 14.7. The summed E-state index contributed by atoms with van der Waals surface area (Å²) in [4.78, 5) is 11.5. The van der Waals surface area contributed by atoms with Crippen LogP contribution < -0.4 is 14.2 Å². The van der Waals surface area contributed by atoms with Crippen molar-refractivity contribution in [1.29, 1.82) is 0 Å². The monoisotopic (exact) mass is 349 g/mol. The third-order valence-electron chi connectivity index (χ3n) is 3.53. The summed E-state index contributed by atoms with van der Waals surface area (Å²) in [6.07, 6.45) is 0. The van der Waals surface area contributed by atoms with E-state index >= 15 is 0 Å². The Bertz CT molecular complexity index is 875. The van der Waals surface area contributed by atoms with E-state index in [1.54, 1.807) is 25.1 Å². The fourth-order valence-electron chi connectivity index (χ4n) is 2.18. The Labute approximate surface area is 141 Å². The van der Waals surface area contributed by atoms with E-state index in [1.807, 2.05) is 0 Å². The van der Waals surface area contributed by atoms with Gasteiger partial charge in [-0.1, -0.05) is 12.1 Å². The smallest absolute Gasteiger partial charge is 0.261 e. The minimum absolute atomic E-state index is 0.0179. The maximum atomic E-state index is 12.6. The summed E-state index contributed by atoms with van der Waals surface area (Å²) in [5, 5.41) is 0. The number of Topliss-reactive ketones (excluding diaryl/α,β-unsaturated/α-hetero) is 1. The lowest BCUT2D eigenvalue weighted by Gasteiger charge is -2.15. The Morgan fingerprint density at radius 1 is 1.04 bits per heavy atom. The maximum absolute atomic E-state index is 12.6. The van der Waals surface area contributed by atoms with Gasteiger partial charge in [0.15, 0.2) is 17.3 Å². The van der Waals surface area contributed by atoms with Crippen molar-refractivity contribution in [2.45, 2.75) is 18.7 Å². The fourth-order valence-corrected chi connectivity index (χ4v) is 3.34. The van der Waals surface area contributed by atoms with Crippen LogP contribution in [-0.2, 0) is 10.0 Å². The molecule has 0 bridgehead atoms. The summed E-state index contributed by atoms with van der Waals surface area (Å²) < 4.78 is 38.1. The Morgan fingerprint density at radius 2 is 1.67 bits per heavy atom. The first-order valence-electron chi connectivity index (χ1n) is 7.15. The highest BCUT2D eigenvalue weighted by Gasteiger charge is 2.18. The van der Waals surface area contributed by atoms with Gasteiger partial charge in [0.1, 0.15) is 0 Å². The maximum Gasteiger partial charge on any atom is 0.261 e. The van der Waals surface area contributed by atoms with Crippen LogP contribution in [0.3, 0.4) is 0 Å². The van der Waals surface area contributed by atoms with E-state index < -0.39 is 10.0 Å². The molecule has 0 spiro atoms. The second kappa shape index (κ2) is 6.92. The number of sulfonamides is 1. The van der Waals surface area contributed by atoms with Crippen molar-refractivity contribution < 1.29 is 22.7 Å². The van der Waals surface area contributed by atoms with Gasteiger partial charge in [0, 0.05) is 11.6 Å². The number of anilines is 1. The SMILES string of the molecule is COc1cc(C)c(NS(=O)(=O)c2cccc(C(C)=O)c2)cc1OC. The molecule has 0 saturated carbocycles. The van der Waals surface area contributed by atoms with Gasteiger partial charge in [-0.05, 0) is 37.6 Å². The molecule has 0 radical (unpaired) electrons. The quantitative estimate of drug-likeness (QED) is 0.811. The lowest BCUT2D eigenvalue weighted by atomic mass is 10.2. The third kappa shape index (κ3) is 3.68. The summed E-state index contributed by atoms with van der Waals surface area (Å²) in [5.74, 6) is 0.726. The van der Waals surface area contributed by atoms with Gasteiger partial charge in [-0.3, -0.25) is 9.52 Å². The van der Waals surface area contributed by atoms with Crippen LogP contribution in [0.5, 0.6) is 11.5 Å². The molecule has 0 amide bonds. The first-order valence-corrected chi connectivity index (χ1v) is 8.63. The molecule has 0 fully saturated rings. The summed E-state index contributed by atoms with van der Waals surface area (Å²) in [5.41, 5.74) is 1.39. The van der Waals surface area contributed by atoms with Crippen LogP contribution in [0, 0.1) is 6.92 Å². The molecule has 2 aromatic rings. The lowest BCUT2D eigenvalue weighted by molar-refractivity contribution is 0.101. The summed E-state index contributed by atoms with van der Waals surface area (Å²) >= 11 is 0. The predicted molar refractivity (Wildman–Crippen MR) is 91.5 cm³/mol. The minimum Gasteiger partial charge on any atom is -0.493 e. The van der Waals surface area contributed by atoms with Crippen molar-refractivity contribution in [2.24, 2.45) is 0 Å². The average Bonchev–Trinajstić information content (AvgIpc) is 2.56. The highest BCUT2D eigenvalue weighted by atomic mass is 32.2. The van der Waals surface area contributed by atoms with Gasteiger partial charge in [0.2, 0.25) is 0 Å². The topological polar surface area (TPSA) is 81.7 Å². The molecule has 0 aliphatic rings. The summed E-state index contributed by atoms with van der Waals surface area (Å²) in [7, 11) is -0.853. The number of hydrogen-bond donors (Lipinski definition) is 1. The molecule has 6 nitrogen and oxygen atoms in total. The van der Waals surface area contributed by atoms with E-state index in [0.29, 0.717) is 28.3 Å². The van der Waals surface area contributed by atoms with Gasteiger partial charge < -0.3 is 9.47 Å². The highest BCUT2D eigenvalue weighted by Crippen LogP contribution is 2.33. The molecule has 0 unspecified atom stereocenters. The number of methoxy groups -OCH3 is 2. The number of carbonyl (C=O) groups is 1. The van der Waals surface area contributed by atoms with Crippen molar-refractivity contribution in [1.82, 2.24) is 0 Å². The average molecular weight is 349 g/mol. The Balaban J connectivity index is 2.43. The minimum atomic E-state index is -3.83. The van der Waals surface area contributed by atoms with E-state index in [4.69, 9.17) is 9.47 Å².